The molecule has 0 fully saturated rings. The van der Waals surface area contributed by atoms with Crippen molar-refractivity contribution in [3.63, 3.8) is 0 Å². The first-order valence-corrected chi connectivity index (χ1v) is 7.37. The molecule has 0 saturated heterocycles. The van der Waals surface area contributed by atoms with Crippen molar-refractivity contribution in [2.45, 2.75) is 11.8 Å². The minimum absolute atomic E-state index is 0. The summed E-state index contributed by atoms with van der Waals surface area (Å²) in [4.78, 5) is 46.3. The van der Waals surface area contributed by atoms with Crippen molar-refractivity contribution in [3.05, 3.63) is 30.1 Å². The van der Waals surface area contributed by atoms with E-state index in [-0.39, 0.29) is 124 Å². The molecule has 0 amide bonds. The summed E-state index contributed by atoms with van der Waals surface area (Å²) < 4.78 is 21.3. The molecule has 0 atom stereocenters. The fourth-order valence-electron chi connectivity index (χ4n) is 1.10. The van der Waals surface area contributed by atoms with E-state index < -0.39 is 27.0 Å². The average molecular weight is 355 g/mol. The van der Waals surface area contributed by atoms with Crippen LogP contribution in [0.5, 0.6) is 0 Å². The zero-order chi connectivity index (χ0) is 12.4. The number of hydrogen-bond acceptors (Lipinski definition) is 7. The predicted molar refractivity (Wildman–Crippen MR) is 46.9 cm³/mol. The zero-order valence-corrected chi connectivity index (χ0v) is 21.7. The SMILES string of the molecule is O=P([O-])([O-])C(Cc1ccccn1)P(=O)([O-])[O-].[Na+].[Na+].[Na+].[Na+]. The van der Waals surface area contributed by atoms with Gasteiger partial charge in [-0.3, -0.25) is 4.98 Å². The molecule has 0 bridgehead atoms. The van der Waals surface area contributed by atoms with Crippen LogP contribution in [-0.4, -0.2) is 10.4 Å². The first-order valence-electron chi connectivity index (χ1n) is 4.14. The average Bonchev–Trinajstić information content (AvgIpc) is 2.12. The summed E-state index contributed by atoms with van der Waals surface area (Å²) in [5.41, 5.74) is 0.0614. The topological polar surface area (TPSA) is 139 Å². The Bertz CT molecular complexity index is 430. The van der Waals surface area contributed by atoms with Crippen molar-refractivity contribution in [3.8, 4) is 0 Å². The Morgan fingerprint density at radius 3 is 1.70 bits per heavy atom. The summed E-state index contributed by atoms with van der Waals surface area (Å²) >= 11 is 0. The minimum Gasteiger partial charge on any atom is -0.810 e. The maximum absolute atomic E-state index is 10.7. The van der Waals surface area contributed by atoms with Crippen LogP contribution in [0.25, 0.3) is 0 Å². The fraction of sp³-hybridized carbons (Fsp3) is 0.286. The van der Waals surface area contributed by atoms with Gasteiger partial charge in [0.25, 0.3) is 0 Å². The quantitative estimate of drug-likeness (QED) is 0.386. The molecule has 0 aliphatic rings. The van der Waals surface area contributed by atoms with Gasteiger partial charge in [-0.15, -0.1) is 0 Å². The Hall–Kier alpha value is 3.45. The Morgan fingerprint density at radius 2 is 1.40 bits per heavy atom. The van der Waals surface area contributed by atoms with E-state index >= 15 is 0 Å². The summed E-state index contributed by atoms with van der Waals surface area (Å²) in [6.45, 7) is 0. The predicted octanol–water partition coefficient (Wildman–Crippen LogP) is -14.2. The third kappa shape index (κ3) is 11.9. The van der Waals surface area contributed by atoms with E-state index in [1.54, 1.807) is 0 Å². The van der Waals surface area contributed by atoms with Crippen LogP contribution in [0.1, 0.15) is 5.69 Å². The number of nitrogens with zero attached hydrogens (tertiary/aromatic N) is 1. The van der Waals surface area contributed by atoms with Crippen LogP contribution in [0.4, 0.5) is 0 Å². The third-order valence-electron chi connectivity index (χ3n) is 1.85. The third-order valence-corrected chi connectivity index (χ3v) is 5.37. The number of aromatic nitrogens is 1. The van der Waals surface area contributed by atoms with Crippen molar-refractivity contribution < 1.29 is 147 Å². The van der Waals surface area contributed by atoms with Gasteiger partial charge in [0, 0.05) is 23.7 Å². The van der Waals surface area contributed by atoms with E-state index in [1.807, 2.05) is 0 Å². The van der Waals surface area contributed by atoms with Gasteiger partial charge in [0.05, 0.1) is 0 Å². The van der Waals surface area contributed by atoms with Gasteiger partial charge in [-0.1, -0.05) is 21.3 Å². The Kier molecular flexibility index (Phi) is 21.4. The summed E-state index contributed by atoms with van der Waals surface area (Å²) in [7, 11) is -11.0. The van der Waals surface area contributed by atoms with Crippen molar-refractivity contribution >= 4 is 15.2 Å². The van der Waals surface area contributed by atoms with E-state index in [4.69, 9.17) is 0 Å². The van der Waals surface area contributed by atoms with Crippen molar-refractivity contribution in [2.75, 3.05) is 0 Å². The number of pyridine rings is 1. The summed E-state index contributed by atoms with van der Waals surface area (Å²) in [5.74, 6) is 0. The van der Waals surface area contributed by atoms with Gasteiger partial charge < -0.3 is 28.7 Å². The second kappa shape index (κ2) is 13.7. The molecular formula is C7H7NNa4O6P2. The minimum atomic E-state index is -5.49. The Labute approximate surface area is 205 Å². The largest absolute Gasteiger partial charge is 1.00 e. The van der Waals surface area contributed by atoms with Gasteiger partial charge in [-0.05, 0) is 12.1 Å². The first-order chi connectivity index (χ1) is 7.21. The molecule has 0 aliphatic heterocycles. The number of hydrogen-bond donors (Lipinski definition) is 0. The maximum Gasteiger partial charge on any atom is 1.00 e. The molecule has 0 spiro atoms. The van der Waals surface area contributed by atoms with Gasteiger partial charge in [-0.2, -0.15) is 0 Å². The van der Waals surface area contributed by atoms with E-state index in [0.29, 0.717) is 0 Å². The molecule has 13 heteroatoms. The maximum atomic E-state index is 10.7. The molecule has 1 aromatic rings. The first kappa shape index (κ1) is 31.2. The second-order valence-corrected chi connectivity index (χ2v) is 6.90. The summed E-state index contributed by atoms with van der Waals surface area (Å²) in [5, 5.41) is -2.48. The molecule has 0 N–H and O–H groups in total. The van der Waals surface area contributed by atoms with Gasteiger partial charge >= 0.3 is 118 Å². The molecule has 0 aromatic carbocycles. The second-order valence-electron chi connectivity index (χ2n) is 3.09. The van der Waals surface area contributed by atoms with Crippen LogP contribution in [0, 0.1) is 0 Å². The molecule has 0 unspecified atom stereocenters. The van der Waals surface area contributed by atoms with Crippen molar-refractivity contribution in [1.29, 1.82) is 0 Å². The smallest absolute Gasteiger partial charge is 0.810 e. The molecule has 90 valence electrons. The van der Waals surface area contributed by atoms with Crippen LogP contribution < -0.4 is 138 Å². The van der Waals surface area contributed by atoms with Crippen molar-refractivity contribution in [2.24, 2.45) is 0 Å². The zero-order valence-electron chi connectivity index (χ0n) is 11.9. The standard InChI is InChI=1S/C7H11NO6P2.4Na/c9-15(10,11)7(16(12,13)14)5-6-3-1-2-4-8-6;;;;/h1-4,7H,5H2,(H2,9,10,11)(H2,12,13,14);;;;/q;4*+1/p-4. The molecule has 0 saturated carbocycles. The van der Waals surface area contributed by atoms with Crippen molar-refractivity contribution in [1.82, 2.24) is 4.98 Å². The van der Waals surface area contributed by atoms with E-state index in [9.17, 15) is 28.7 Å². The Balaban J connectivity index is -0.000000320. The van der Waals surface area contributed by atoms with Crippen LogP contribution in [0.2, 0.25) is 0 Å². The monoisotopic (exact) mass is 355 g/mol. The van der Waals surface area contributed by atoms with Crippen LogP contribution in [0.3, 0.4) is 0 Å². The molecule has 7 nitrogen and oxygen atoms in total. The molecule has 1 rings (SSSR count). The number of rotatable bonds is 4. The van der Waals surface area contributed by atoms with E-state index in [1.165, 1.54) is 24.4 Å². The molecule has 1 aromatic heterocycles. The molecule has 20 heavy (non-hydrogen) atoms. The van der Waals surface area contributed by atoms with Gasteiger partial charge in [0.15, 0.2) is 0 Å². The molecular weight excluding hydrogens is 348 g/mol. The van der Waals surface area contributed by atoms with Gasteiger partial charge in [0.1, 0.15) is 0 Å². The van der Waals surface area contributed by atoms with Gasteiger partial charge in [-0.25, -0.2) is 0 Å². The van der Waals surface area contributed by atoms with E-state index in [2.05, 4.69) is 4.98 Å². The van der Waals surface area contributed by atoms with Crippen LogP contribution >= 0.6 is 15.2 Å². The summed E-state index contributed by atoms with van der Waals surface area (Å²) in [6.07, 6.45) is 0.586. The van der Waals surface area contributed by atoms with E-state index in [0.717, 1.165) is 0 Å². The molecule has 0 aliphatic carbocycles. The van der Waals surface area contributed by atoms with Crippen LogP contribution in [0.15, 0.2) is 24.4 Å². The van der Waals surface area contributed by atoms with Gasteiger partial charge in [0.2, 0.25) is 0 Å². The normalized spacial score (nSPS) is 10.4. The Morgan fingerprint density at radius 1 is 0.950 bits per heavy atom. The molecule has 1 heterocycles. The summed E-state index contributed by atoms with van der Waals surface area (Å²) in [6, 6.07) is 4.35. The molecule has 0 radical (unpaired) electrons. The van der Waals surface area contributed by atoms with Crippen LogP contribution in [-0.2, 0) is 15.6 Å². The fourth-order valence-corrected chi connectivity index (χ4v) is 3.31.